The molecule has 0 aliphatic carbocycles. The number of halogens is 2. The molecule has 0 spiro atoms. The van der Waals surface area contributed by atoms with Crippen LogP contribution in [0, 0.1) is 5.82 Å². The van der Waals surface area contributed by atoms with Gasteiger partial charge in [0.05, 0.1) is 11.8 Å². The van der Waals surface area contributed by atoms with Crippen LogP contribution in [0.2, 0.25) is 5.02 Å². The molecule has 0 radical (unpaired) electrons. The highest BCUT2D eigenvalue weighted by Crippen LogP contribution is 2.19. The Kier molecular flexibility index (Phi) is 5.18. The predicted octanol–water partition coefficient (Wildman–Crippen LogP) is 2.12. The van der Waals surface area contributed by atoms with Crippen LogP contribution in [0.25, 0.3) is 0 Å². The summed E-state index contributed by atoms with van der Waals surface area (Å²) in [4.78, 5) is 10.3. The van der Waals surface area contributed by atoms with Gasteiger partial charge in [0.1, 0.15) is 5.82 Å². The summed E-state index contributed by atoms with van der Waals surface area (Å²) < 4.78 is 13.2. The van der Waals surface area contributed by atoms with E-state index in [2.05, 4.69) is 5.32 Å². The summed E-state index contributed by atoms with van der Waals surface area (Å²) >= 11 is 5.69. The van der Waals surface area contributed by atoms with Crippen LogP contribution >= 0.6 is 11.6 Å². The fraction of sp³-hybridized carbons (Fsp3) is 0.364. The van der Waals surface area contributed by atoms with Gasteiger partial charge >= 0.3 is 5.97 Å². The first kappa shape index (κ1) is 13.7. The van der Waals surface area contributed by atoms with Crippen molar-refractivity contribution in [3.8, 4) is 0 Å². The number of nitrogens with one attached hydrogen (secondary N) is 1. The van der Waals surface area contributed by atoms with Crippen molar-refractivity contribution in [1.29, 1.82) is 0 Å². The Labute approximate surface area is 103 Å². The lowest BCUT2D eigenvalue weighted by molar-refractivity contribution is -0.137. The van der Waals surface area contributed by atoms with Crippen LogP contribution in [0.5, 0.6) is 0 Å². The third-order valence-electron chi connectivity index (χ3n) is 2.15. The van der Waals surface area contributed by atoms with Crippen LogP contribution in [0.4, 0.5) is 10.1 Å². The summed E-state index contributed by atoms with van der Waals surface area (Å²) in [5, 5.41) is 20.9. The summed E-state index contributed by atoms with van der Waals surface area (Å²) in [5.41, 5.74) is 0.187. The number of anilines is 1. The lowest BCUT2D eigenvalue weighted by Gasteiger charge is -2.12. The minimum absolute atomic E-state index is 0.0740. The summed E-state index contributed by atoms with van der Waals surface area (Å²) in [5.74, 6) is -1.45. The van der Waals surface area contributed by atoms with E-state index >= 15 is 0 Å². The fourth-order valence-corrected chi connectivity index (χ4v) is 1.42. The second-order valence-corrected chi connectivity index (χ2v) is 4.03. The Morgan fingerprint density at radius 3 is 2.88 bits per heavy atom. The van der Waals surface area contributed by atoms with E-state index in [1.54, 1.807) is 0 Å². The molecule has 0 saturated heterocycles. The number of rotatable bonds is 6. The summed E-state index contributed by atoms with van der Waals surface area (Å²) in [6, 6.07) is 4.04. The zero-order chi connectivity index (χ0) is 12.8. The largest absolute Gasteiger partial charge is 0.481 e. The van der Waals surface area contributed by atoms with E-state index in [9.17, 15) is 14.3 Å². The molecule has 1 aromatic carbocycles. The molecule has 0 aliphatic heterocycles. The van der Waals surface area contributed by atoms with E-state index in [4.69, 9.17) is 16.7 Å². The molecule has 0 aromatic heterocycles. The molecule has 1 unspecified atom stereocenters. The minimum atomic E-state index is -0.974. The van der Waals surface area contributed by atoms with Gasteiger partial charge in [0.15, 0.2) is 0 Å². The standard InChI is InChI=1S/C11H13ClFNO3/c12-7-1-3-9(13)10(5-7)14-6-8(15)2-4-11(16)17/h1,3,5,8,14-15H,2,4,6H2,(H,16,17). The number of aliphatic hydroxyl groups excluding tert-OH is 1. The van der Waals surface area contributed by atoms with E-state index in [0.29, 0.717) is 5.02 Å². The number of benzene rings is 1. The lowest BCUT2D eigenvalue weighted by Crippen LogP contribution is -2.20. The van der Waals surface area contributed by atoms with Crippen molar-refractivity contribution in [1.82, 2.24) is 0 Å². The second-order valence-electron chi connectivity index (χ2n) is 3.59. The number of carboxylic acid groups (broad SMARTS) is 1. The first-order chi connectivity index (χ1) is 7.99. The maximum Gasteiger partial charge on any atom is 0.303 e. The maximum absolute atomic E-state index is 13.2. The van der Waals surface area contributed by atoms with Gasteiger partial charge in [-0.3, -0.25) is 4.79 Å². The average Bonchev–Trinajstić information content (AvgIpc) is 2.27. The van der Waals surface area contributed by atoms with Gasteiger partial charge in [0.25, 0.3) is 0 Å². The normalized spacial score (nSPS) is 12.2. The van der Waals surface area contributed by atoms with Crippen LogP contribution in [0.1, 0.15) is 12.8 Å². The van der Waals surface area contributed by atoms with Gasteiger partial charge in [0.2, 0.25) is 0 Å². The fourth-order valence-electron chi connectivity index (χ4n) is 1.25. The molecule has 0 bridgehead atoms. The molecule has 0 fully saturated rings. The van der Waals surface area contributed by atoms with Crippen molar-refractivity contribution in [3.63, 3.8) is 0 Å². The molecule has 1 aromatic rings. The van der Waals surface area contributed by atoms with Crippen LogP contribution in [-0.2, 0) is 4.79 Å². The smallest absolute Gasteiger partial charge is 0.303 e. The first-order valence-electron chi connectivity index (χ1n) is 5.08. The zero-order valence-electron chi connectivity index (χ0n) is 8.99. The minimum Gasteiger partial charge on any atom is -0.481 e. The second kappa shape index (κ2) is 6.42. The van der Waals surface area contributed by atoms with Crippen molar-refractivity contribution >= 4 is 23.3 Å². The van der Waals surface area contributed by atoms with Crippen LogP contribution < -0.4 is 5.32 Å². The highest BCUT2D eigenvalue weighted by atomic mass is 35.5. The van der Waals surface area contributed by atoms with Gasteiger partial charge in [-0.25, -0.2) is 4.39 Å². The summed E-state index contributed by atoms with van der Waals surface area (Å²) in [6.07, 6.45) is -0.852. The summed E-state index contributed by atoms with van der Waals surface area (Å²) in [7, 11) is 0. The van der Waals surface area contributed by atoms with Crippen LogP contribution in [-0.4, -0.2) is 28.8 Å². The predicted molar refractivity (Wildman–Crippen MR) is 62.8 cm³/mol. The van der Waals surface area contributed by atoms with Crippen LogP contribution in [0.15, 0.2) is 18.2 Å². The third-order valence-corrected chi connectivity index (χ3v) is 2.38. The third kappa shape index (κ3) is 5.01. The van der Waals surface area contributed by atoms with Gasteiger partial charge in [-0.1, -0.05) is 11.6 Å². The summed E-state index contributed by atoms with van der Waals surface area (Å²) in [6.45, 7) is 0.0740. The van der Waals surface area contributed by atoms with Gasteiger partial charge < -0.3 is 15.5 Å². The average molecular weight is 262 g/mol. The quantitative estimate of drug-likeness (QED) is 0.734. The van der Waals surface area contributed by atoms with Gasteiger partial charge in [-0.15, -0.1) is 0 Å². The molecular formula is C11H13ClFNO3. The van der Waals surface area contributed by atoms with E-state index in [-0.39, 0.29) is 25.1 Å². The number of aliphatic carboxylic acids is 1. The molecule has 17 heavy (non-hydrogen) atoms. The number of aliphatic hydroxyl groups is 1. The molecule has 94 valence electrons. The Morgan fingerprint density at radius 2 is 2.24 bits per heavy atom. The van der Waals surface area contributed by atoms with Crippen molar-refractivity contribution in [3.05, 3.63) is 29.0 Å². The monoisotopic (exact) mass is 261 g/mol. The van der Waals surface area contributed by atoms with E-state index in [0.717, 1.165) is 0 Å². The van der Waals surface area contributed by atoms with E-state index in [1.165, 1.54) is 18.2 Å². The molecule has 6 heteroatoms. The van der Waals surface area contributed by atoms with Gasteiger partial charge in [-0.2, -0.15) is 0 Å². The first-order valence-corrected chi connectivity index (χ1v) is 5.45. The number of carboxylic acids is 1. The van der Waals surface area contributed by atoms with Gasteiger partial charge in [-0.05, 0) is 24.6 Å². The molecule has 4 nitrogen and oxygen atoms in total. The molecular weight excluding hydrogens is 249 g/mol. The lowest BCUT2D eigenvalue weighted by atomic mass is 10.2. The van der Waals surface area contributed by atoms with Crippen molar-refractivity contribution in [2.24, 2.45) is 0 Å². The molecule has 0 amide bonds. The molecule has 0 heterocycles. The number of hydrogen-bond acceptors (Lipinski definition) is 3. The Morgan fingerprint density at radius 1 is 1.53 bits per heavy atom. The Bertz CT molecular complexity index is 400. The maximum atomic E-state index is 13.2. The topological polar surface area (TPSA) is 69.6 Å². The Balaban J connectivity index is 2.44. The van der Waals surface area contributed by atoms with E-state index < -0.39 is 17.9 Å². The number of hydrogen-bond donors (Lipinski definition) is 3. The van der Waals surface area contributed by atoms with Gasteiger partial charge in [0, 0.05) is 18.0 Å². The zero-order valence-corrected chi connectivity index (χ0v) is 9.75. The highest BCUT2D eigenvalue weighted by Gasteiger charge is 2.08. The van der Waals surface area contributed by atoms with Crippen LogP contribution in [0.3, 0.4) is 0 Å². The SMILES string of the molecule is O=C(O)CCC(O)CNc1cc(Cl)ccc1F. The van der Waals surface area contributed by atoms with E-state index in [1.807, 2.05) is 0 Å². The Hall–Kier alpha value is -1.33. The van der Waals surface area contributed by atoms with Crippen molar-refractivity contribution < 1.29 is 19.4 Å². The molecule has 0 aliphatic rings. The molecule has 0 saturated carbocycles. The van der Waals surface area contributed by atoms with Crippen molar-refractivity contribution in [2.45, 2.75) is 18.9 Å². The molecule has 3 N–H and O–H groups in total. The molecule has 1 rings (SSSR count). The van der Waals surface area contributed by atoms with Crippen molar-refractivity contribution in [2.75, 3.05) is 11.9 Å². The highest BCUT2D eigenvalue weighted by molar-refractivity contribution is 6.30. The number of carbonyl (C=O) groups is 1. The molecule has 1 atom stereocenters.